The normalized spacial score (nSPS) is 13.2. The quantitative estimate of drug-likeness (QED) is 0.234. The van der Waals surface area contributed by atoms with Crippen molar-refractivity contribution >= 4 is 55.1 Å². The predicted octanol–water partition coefficient (Wildman–Crippen LogP) is 6.96. The number of nitrogens with one attached hydrogen (secondary N) is 1. The molecule has 0 fully saturated rings. The van der Waals surface area contributed by atoms with E-state index in [-0.39, 0.29) is 17.5 Å². The van der Waals surface area contributed by atoms with Gasteiger partial charge < -0.3 is 10.2 Å². The van der Waals surface area contributed by atoms with Gasteiger partial charge in [0.15, 0.2) is 0 Å². The monoisotopic (exact) mass is 701 g/mol. The summed E-state index contributed by atoms with van der Waals surface area (Å²) in [5, 5.41) is 2.20. The van der Waals surface area contributed by atoms with E-state index in [0.717, 1.165) is 22.2 Å². The first-order chi connectivity index (χ1) is 20.0. The topological polar surface area (TPSA) is 86.8 Å². The largest absolute Gasteiger partial charge is 0.417 e. The van der Waals surface area contributed by atoms with Crippen molar-refractivity contribution in [3.05, 3.63) is 92.9 Å². The van der Waals surface area contributed by atoms with E-state index in [1.54, 1.807) is 38.1 Å². The summed E-state index contributed by atoms with van der Waals surface area (Å²) in [5.41, 5.74) is -0.265. The summed E-state index contributed by atoms with van der Waals surface area (Å²) in [6, 6.07) is 14.1. The van der Waals surface area contributed by atoms with Crippen LogP contribution in [0.5, 0.6) is 0 Å². The molecule has 0 saturated heterocycles. The van der Waals surface area contributed by atoms with Crippen molar-refractivity contribution < 1.29 is 31.2 Å². The first kappa shape index (κ1) is 34.4. The zero-order valence-electron chi connectivity index (χ0n) is 24.0. The number of nitrogens with zero attached hydrogens (tertiary/aromatic N) is 2. The summed E-state index contributed by atoms with van der Waals surface area (Å²) in [7, 11) is -4.56. The third-order valence-corrected chi connectivity index (χ3v) is 9.45. The molecule has 2 unspecified atom stereocenters. The van der Waals surface area contributed by atoms with Crippen molar-refractivity contribution in [1.82, 2.24) is 10.2 Å². The molecule has 0 saturated carbocycles. The number of carbonyl (C=O) groups is 2. The number of alkyl halides is 3. The van der Waals surface area contributed by atoms with Gasteiger partial charge >= 0.3 is 6.18 Å². The fraction of sp³-hybridized carbons (Fsp3) is 0.333. The number of anilines is 1. The van der Waals surface area contributed by atoms with Crippen molar-refractivity contribution in [3.8, 4) is 0 Å². The number of benzene rings is 3. The number of amides is 2. The van der Waals surface area contributed by atoms with Gasteiger partial charge in [0.1, 0.15) is 12.6 Å². The van der Waals surface area contributed by atoms with Crippen LogP contribution in [-0.2, 0) is 32.3 Å². The van der Waals surface area contributed by atoms with E-state index in [0.29, 0.717) is 22.4 Å². The number of sulfonamides is 1. The van der Waals surface area contributed by atoms with Crippen LogP contribution in [0.4, 0.5) is 18.9 Å². The Morgan fingerprint density at radius 3 is 2.26 bits per heavy atom. The molecule has 3 aromatic carbocycles. The van der Waals surface area contributed by atoms with Crippen LogP contribution in [0, 0.1) is 6.92 Å². The number of halogens is 5. The minimum absolute atomic E-state index is 0.0692. The zero-order chi connectivity index (χ0) is 32.1. The van der Waals surface area contributed by atoms with Gasteiger partial charge in [-0.3, -0.25) is 13.9 Å². The molecule has 13 heteroatoms. The number of hydrogen-bond acceptors (Lipinski definition) is 4. The molecule has 0 aromatic heterocycles. The van der Waals surface area contributed by atoms with Gasteiger partial charge in [-0.15, -0.1) is 0 Å². The first-order valence-electron chi connectivity index (χ1n) is 13.3. The lowest BCUT2D eigenvalue weighted by Crippen LogP contribution is -2.52. The summed E-state index contributed by atoms with van der Waals surface area (Å²) < 4.78 is 70.4. The van der Waals surface area contributed by atoms with Crippen LogP contribution in [0.25, 0.3) is 0 Å². The molecule has 0 radical (unpaired) electrons. The zero-order valence-corrected chi connectivity index (χ0v) is 27.1. The molecule has 3 aromatic rings. The van der Waals surface area contributed by atoms with Crippen LogP contribution in [0.2, 0.25) is 5.02 Å². The summed E-state index contributed by atoms with van der Waals surface area (Å²) in [6.07, 6.45) is -4.25. The highest BCUT2D eigenvalue weighted by Crippen LogP contribution is 2.38. The lowest BCUT2D eigenvalue weighted by atomic mass is 10.1. The van der Waals surface area contributed by atoms with Crippen molar-refractivity contribution in [2.24, 2.45) is 0 Å². The maximum Gasteiger partial charge on any atom is 0.417 e. The molecule has 2 amide bonds. The van der Waals surface area contributed by atoms with E-state index in [1.807, 2.05) is 6.92 Å². The van der Waals surface area contributed by atoms with Gasteiger partial charge in [-0.05, 0) is 75.2 Å². The summed E-state index contributed by atoms with van der Waals surface area (Å²) in [5.74, 6) is -1.26. The van der Waals surface area contributed by atoms with Crippen LogP contribution in [0.3, 0.4) is 0 Å². The van der Waals surface area contributed by atoms with Gasteiger partial charge in [0.25, 0.3) is 10.0 Å². The molecular weight excluding hydrogens is 671 g/mol. The van der Waals surface area contributed by atoms with Gasteiger partial charge in [-0.25, -0.2) is 8.42 Å². The van der Waals surface area contributed by atoms with E-state index in [2.05, 4.69) is 21.2 Å². The van der Waals surface area contributed by atoms with E-state index in [4.69, 9.17) is 11.6 Å². The number of rotatable bonds is 11. The first-order valence-corrected chi connectivity index (χ1v) is 16.0. The molecule has 0 bridgehead atoms. The molecule has 43 heavy (non-hydrogen) atoms. The third kappa shape index (κ3) is 8.73. The summed E-state index contributed by atoms with van der Waals surface area (Å²) >= 11 is 9.19. The van der Waals surface area contributed by atoms with Gasteiger partial charge in [-0.2, -0.15) is 13.2 Å². The Bertz CT molecular complexity index is 1570. The van der Waals surface area contributed by atoms with E-state index in [9.17, 15) is 31.2 Å². The Morgan fingerprint density at radius 1 is 1.02 bits per heavy atom. The van der Waals surface area contributed by atoms with Crippen molar-refractivity contribution in [2.75, 3.05) is 10.8 Å². The molecule has 0 aliphatic rings. The van der Waals surface area contributed by atoms with Crippen molar-refractivity contribution in [2.45, 2.75) is 63.8 Å². The van der Waals surface area contributed by atoms with Gasteiger partial charge in [-0.1, -0.05) is 64.3 Å². The van der Waals surface area contributed by atoms with Gasteiger partial charge in [0.2, 0.25) is 11.8 Å². The van der Waals surface area contributed by atoms with Crippen LogP contribution < -0.4 is 9.62 Å². The second-order valence-electron chi connectivity index (χ2n) is 10.1. The molecule has 1 N–H and O–H groups in total. The predicted molar refractivity (Wildman–Crippen MR) is 164 cm³/mol. The minimum atomic E-state index is -4.88. The molecular formula is C30H32BrClF3N3O4S. The molecule has 0 aliphatic heterocycles. The molecule has 0 heterocycles. The lowest BCUT2D eigenvalue weighted by Gasteiger charge is -2.32. The molecule has 2 atom stereocenters. The third-order valence-electron chi connectivity index (χ3n) is 6.84. The van der Waals surface area contributed by atoms with Gasteiger partial charge in [0.05, 0.1) is 21.2 Å². The second kappa shape index (κ2) is 14.1. The second-order valence-corrected chi connectivity index (χ2v) is 13.3. The Morgan fingerprint density at radius 2 is 1.67 bits per heavy atom. The standard InChI is InChI=1S/C30H32BrClF3N3O4S/c1-5-20(3)36-29(40)21(4)37(17-22-7-6-8-23(31)15-22)28(39)18-38(43(41,42)25-12-9-19(2)10-13-25)24-11-14-27(32)26(16-24)30(33,34)35/h6-16,20-21H,5,17-18H2,1-4H3,(H,36,40). The molecule has 3 rings (SSSR count). The maximum atomic E-state index is 14.0. The smallest absolute Gasteiger partial charge is 0.352 e. The SMILES string of the molecule is CCC(C)NC(=O)C(C)N(Cc1cccc(Br)c1)C(=O)CN(c1ccc(Cl)c(C(F)(F)F)c1)S(=O)(=O)c1ccc(C)cc1. The number of hydrogen-bond donors (Lipinski definition) is 1. The van der Waals surface area contributed by atoms with Crippen LogP contribution in [-0.4, -0.2) is 43.8 Å². The Balaban J connectivity index is 2.12. The van der Waals surface area contributed by atoms with Crippen LogP contribution in [0.1, 0.15) is 43.9 Å². The average Bonchev–Trinajstić information content (AvgIpc) is 2.94. The fourth-order valence-electron chi connectivity index (χ4n) is 4.13. The van der Waals surface area contributed by atoms with E-state index >= 15 is 0 Å². The number of carbonyl (C=O) groups excluding carboxylic acids is 2. The molecule has 0 aliphatic carbocycles. The number of aryl methyl sites for hydroxylation is 1. The Labute approximate surface area is 263 Å². The molecule has 7 nitrogen and oxygen atoms in total. The van der Waals surface area contributed by atoms with Gasteiger partial charge in [0, 0.05) is 17.1 Å². The van der Waals surface area contributed by atoms with E-state index < -0.39 is 56.9 Å². The van der Waals surface area contributed by atoms with Crippen molar-refractivity contribution in [3.63, 3.8) is 0 Å². The molecule has 0 spiro atoms. The van der Waals surface area contributed by atoms with Crippen LogP contribution >= 0.6 is 27.5 Å². The van der Waals surface area contributed by atoms with Crippen molar-refractivity contribution in [1.29, 1.82) is 0 Å². The summed E-state index contributed by atoms with van der Waals surface area (Å²) in [6.45, 7) is 5.99. The highest BCUT2D eigenvalue weighted by Gasteiger charge is 2.37. The summed E-state index contributed by atoms with van der Waals surface area (Å²) in [4.78, 5) is 28.1. The average molecular weight is 703 g/mol. The highest BCUT2D eigenvalue weighted by atomic mass is 79.9. The van der Waals surface area contributed by atoms with Crippen LogP contribution in [0.15, 0.2) is 76.1 Å². The van der Waals surface area contributed by atoms with E-state index in [1.165, 1.54) is 36.1 Å². The minimum Gasteiger partial charge on any atom is -0.352 e. The lowest BCUT2D eigenvalue weighted by molar-refractivity contribution is -0.139. The molecule has 232 valence electrons. The highest BCUT2D eigenvalue weighted by molar-refractivity contribution is 9.10. The Hall–Kier alpha value is -3.09. The fourth-order valence-corrected chi connectivity index (χ4v) is 6.21. The maximum absolute atomic E-state index is 14.0. The Kier molecular flexibility index (Phi) is 11.3.